The molecule has 0 aliphatic rings. The molecule has 1 N–H and O–H groups in total. The smallest absolute Gasteiger partial charge is 0.244 e. The summed E-state index contributed by atoms with van der Waals surface area (Å²) in [7, 11) is 0. The molecule has 0 saturated heterocycles. The Balaban J connectivity index is 2.10. The number of nitriles is 1. The van der Waals surface area contributed by atoms with Crippen molar-refractivity contribution < 1.29 is 9.59 Å². The number of carbonyl (C=O) groups is 2. The minimum Gasteiger partial charge on any atom is -0.324 e. The molecule has 23 heavy (non-hydrogen) atoms. The Labute approximate surface area is 139 Å². The van der Waals surface area contributed by atoms with Crippen molar-refractivity contribution in [1.29, 1.82) is 5.26 Å². The zero-order valence-corrected chi connectivity index (χ0v) is 13.2. The number of halogens is 1. The topological polar surface area (TPSA) is 73.2 Å². The molecule has 0 bridgehead atoms. The average molecular weight is 328 g/mol. The van der Waals surface area contributed by atoms with Crippen LogP contribution in [0, 0.1) is 11.3 Å². The summed E-state index contributed by atoms with van der Waals surface area (Å²) >= 11 is 5.83. The number of hydrogen-bond acceptors (Lipinski definition) is 3. The Hall–Kier alpha value is -2.84. The number of nitrogens with one attached hydrogen (secondary N) is 1. The lowest BCUT2D eigenvalue weighted by atomic mass is 10.2. The highest BCUT2D eigenvalue weighted by Crippen LogP contribution is 2.18. The first-order valence-electron chi connectivity index (χ1n) is 6.83. The third-order valence-electron chi connectivity index (χ3n) is 3.10. The predicted molar refractivity (Wildman–Crippen MR) is 89.3 cm³/mol. The lowest BCUT2D eigenvalue weighted by Gasteiger charge is -2.20. The summed E-state index contributed by atoms with van der Waals surface area (Å²) in [6.07, 6.45) is 0. The molecule has 0 fully saturated rings. The Bertz CT molecular complexity index is 766. The van der Waals surface area contributed by atoms with Crippen LogP contribution in [0.2, 0.25) is 5.02 Å². The van der Waals surface area contributed by atoms with Gasteiger partial charge in [0.25, 0.3) is 0 Å². The third-order valence-corrected chi connectivity index (χ3v) is 3.35. The summed E-state index contributed by atoms with van der Waals surface area (Å²) in [5.74, 6) is -0.613. The summed E-state index contributed by atoms with van der Waals surface area (Å²) in [6.45, 7) is 1.26. The van der Waals surface area contributed by atoms with E-state index in [1.54, 1.807) is 48.5 Å². The van der Waals surface area contributed by atoms with E-state index in [1.165, 1.54) is 11.8 Å². The number of nitrogens with zero attached hydrogens (tertiary/aromatic N) is 2. The minimum absolute atomic E-state index is 0.131. The van der Waals surface area contributed by atoms with E-state index in [0.29, 0.717) is 22.0 Å². The fraction of sp³-hybridized carbons (Fsp3) is 0.118. The molecule has 2 aromatic carbocycles. The van der Waals surface area contributed by atoms with Gasteiger partial charge in [0.2, 0.25) is 11.8 Å². The predicted octanol–water partition coefficient (Wildman–Crippen LogP) is 3.20. The normalized spacial score (nSPS) is 9.78. The summed E-state index contributed by atoms with van der Waals surface area (Å²) in [5, 5.41) is 12.1. The van der Waals surface area contributed by atoms with Crippen molar-refractivity contribution in [2.24, 2.45) is 0 Å². The summed E-state index contributed by atoms with van der Waals surface area (Å²) in [4.78, 5) is 25.3. The van der Waals surface area contributed by atoms with E-state index in [1.807, 2.05) is 6.07 Å². The first-order chi connectivity index (χ1) is 11.0. The molecule has 6 heteroatoms. The van der Waals surface area contributed by atoms with Gasteiger partial charge in [-0.3, -0.25) is 9.59 Å². The SMILES string of the molecule is CC(=O)N(CC(=O)Nc1cccc(C#N)c1)c1ccc(Cl)cc1. The van der Waals surface area contributed by atoms with Gasteiger partial charge in [0.05, 0.1) is 11.6 Å². The molecule has 5 nitrogen and oxygen atoms in total. The van der Waals surface area contributed by atoms with Crippen LogP contribution in [0.3, 0.4) is 0 Å². The fourth-order valence-corrected chi connectivity index (χ4v) is 2.14. The lowest BCUT2D eigenvalue weighted by Crippen LogP contribution is -2.36. The lowest BCUT2D eigenvalue weighted by molar-refractivity contribution is -0.120. The molecule has 2 rings (SSSR count). The van der Waals surface area contributed by atoms with E-state index in [9.17, 15) is 9.59 Å². The second kappa shape index (κ2) is 7.43. The highest BCUT2D eigenvalue weighted by Gasteiger charge is 2.16. The molecule has 2 amide bonds. The van der Waals surface area contributed by atoms with Gasteiger partial charge in [-0.2, -0.15) is 5.26 Å². The largest absolute Gasteiger partial charge is 0.324 e. The molecule has 0 aliphatic carbocycles. The molecule has 0 atom stereocenters. The molecule has 0 aliphatic heterocycles. The quantitative estimate of drug-likeness (QED) is 0.937. The van der Waals surface area contributed by atoms with E-state index in [-0.39, 0.29) is 18.4 Å². The second-order valence-corrected chi connectivity index (χ2v) is 5.26. The highest BCUT2D eigenvalue weighted by atomic mass is 35.5. The van der Waals surface area contributed by atoms with Crippen molar-refractivity contribution in [1.82, 2.24) is 0 Å². The van der Waals surface area contributed by atoms with Gasteiger partial charge >= 0.3 is 0 Å². The van der Waals surface area contributed by atoms with Crippen LogP contribution in [0.25, 0.3) is 0 Å². The fourth-order valence-electron chi connectivity index (χ4n) is 2.02. The van der Waals surface area contributed by atoms with Crippen LogP contribution in [0.5, 0.6) is 0 Å². The van der Waals surface area contributed by atoms with Gasteiger partial charge in [-0.15, -0.1) is 0 Å². The number of benzene rings is 2. The van der Waals surface area contributed by atoms with Crippen LogP contribution in [0.4, 0.5) is 11.4 Å². The van der Waals surface area contributed by atoms with Crippen LogP contribution in [-0.2, 0) is 9.59 Å². The van der Waals surface area contributed by atoms with Gasteiger partial charge in [0.15, 0.2) is 0 Å². The van der Waals surface area contributed by atoms with Crippen LogP contribution >= 0.6 is 11.6 Å². The molecule has 116 valence electrons. The number of carbonyl (C=O) groups excluding carboxylic acids is 2. The van der Waals surface area contributed by atoms with E-state index in [0.717, 1.165) is 0 Å². The van der Waals surface area contributed by atoms with E-state index in [4.69, 9.17) is 16.9 Å². The van der Waals surface area contributed by atoms with Gasteiger partial charge in [-0.25, -0.2) is 0 Å². The maximum atomic E-state index is 12.2. The summed E-state index contributed by atoms with van der Waals surface area (Å²) < 4.78 is 0. The van der Waals surface area contributed by atoms with E-state index < -0.39 is 0 Å². The van der Waals surface area contributed by atoms with Crippen molar-refractivity contribution in [3.63, 3.8) is 0 Å². The highest BCUT2D eigenvalue weighted by molar-refractivity contribution is 6.30. The Morgan fingerprint density at radius 1 is 1.22 bits per heavy atom. The van der Waals surface area contributed by atoms with E-state index >= 15 is 0 Å². The monoisotopic (exact) mass is 327 g/mol. The number of rotatable bonds is 4. The Morgan fingerprint density at radius 3 is 2.52 bits per heavy atom. The Morgan fingerprint density at radius 2 is 1.91 bits per heavy atom. The van der Waals surface area contributed by atoms with Crippen molar-refractivity contribution in [2.75, 3.05) is 16.8 Å². The molecular formula is C17H14ClN3O2. The van der Waals surface area contributed by atoms with Gasteiger partial charge in [-0.05, 0) is 42.5 Å². The number of anilines is 2. The molecule has 2 aromatic rings. The molecule has 0 saturated carbocycles. The van der Waals surface area contributed by atoms with Crippen LogP contribution < -0.4 is 10.2 Å². The van der Waals surface area contributed by atoms with Crippen molar-refractivity contribution >= 4 is 34.8 Å². The number of hydrogen-bond donors (Lipinski definition) is 1. The van der Waals surface area contributed by atoms with Gasteiger partial charge < -0.3 is 10.2 Å². The molecule has 0 spiro atoms. The van der Waals surface area contributed by atoms with Crippen LogP contribution in [-0.4, -0.2) is 18.4 Å². The zero-order valence-electron chi connectivity index (χ0n) is 12.4. The van der Waals surface area contributed by atoms with Gasteiger partial charge in [0, 0.05) is 23.3 Å². The third kappa shape index (κ3) is 4.56. The summed E-state index contributed by atoms with van der Waals surface area (Å²) in [6, 6.07) is 15.2. The second-order valence-electron chi connectivity index (χ2n) is 4.82. The average Bonchev–Trinajstić information content (AvgIpc) is 2.53. The molecule has 0 radical (unpaired) electrons. The summed E-state index contributed by atoms with van der Waals surface area (Å²) in [5.41, 5.74) is 1.54. The van der Waals surface area contributed by atoms with Crippen LogP contribution in [0.1, 0.15) is 12.5 Å². The maximum absolute atomic E-state index is 12.2. The number of amides is 2. The van der Waals surface area contributed by atoms with Crippen molar-refractivity contribution in [2.45, 2.75) is 6.92 Å². The maximum Gasteiger partial charge on any atom is 0.244 e. The molecule has 0 unspecified atom stereocenters. The van der Waals surface area contributed by atoms with Gasteiger partial charge in [0.1, 0.15) is 6.54 Å². The molecular weight excluding hydrogens is 314 g/mol. The first kappa shape index (κ1) is 16.5. The molecule has 0 aromatic heterocycles. The van der Waals surface area contributed by atoms with Crippen LogP contribution in [0.15, 0.2) is 48.5 Å². The minimum atomic E-state index is -0.356. The first-order valence-corrected chi connectivity index (χ1v) is 7.21. The van der Waals surface area contributed by atoms with Crippen molar-refractivity contribution in [3.05, 3.63) is 59.1 Å². The zero-order chi connectivity index (χ0) is 16.8. The van der Waals surface area contributed by atoms with Gasteiger partial charge in [-0.1, -0.05) is 17.7 Å². The standard InChI is InChI=1S/C17H14ClN3O2/c1-12(22)21(16-7-5-14(18)6-8-16)11-17(23)20-15-4-2-3-13(9-15)10-19/h2-9H,11H2,1H3,(H,20,23). The Kier molecular flexibility index (Phi) is 5.34. The molecule has 0 heterocycles. The van der Waals surface area contributed by atoms with Crippen molar-refractivity contribution in [3.8, 4) is 6.07 Å². The van der Waals surface area contributed by atoms with E-state index in [2.05, 4.69) is 5.32 Å².